The van der Waals surface area contributed by atoms with E-state index in [4.69, 9.17) is 48.6 Å². The normalized spacial score (nSPS) is 28.5. The summed E-state index contributed by atoms with van der Waals surface area (Å²) < 4.78 is 25.4. The molecule has 5 heterocycles. The predicted molar refractivity (Wildman–Crippen MR) is 190 cm³/mol. The molecular formula is C37H34B2Cl2FN5O3. The van der Waals surface area contributed by atoms with Crippen LogP contribution in [0.15, 0.2) is 30.3 Å². The van der Waals surface area contributed by atoms with E-state index in [1.54, 1.807) is 18.2 Å². The van der Waals surface area contributed by atoms with Gasteiger partial charge in [-0.05, 0) is 75.1 Å². The Hall–Kier alpha value is -3.13. The number of hydrogen-bond acceptors (Lipinski definition) is 6. The number of aliphatic hydroxyl groups is 1. The predicted octanol–water partition coefficient (Wildman–Crippen LogP) is 6.00. The lowest BCUT2D eigenvalue weighted by Crippen LogP contribution is -2.49. The zero-order valence-corrected chi connectivity index (χ0v) is 29.0. The second kappa shape index (κ2) is 11.7. The number of nitrogens with zero attached hydrogens (tertiary/aromatic N) is 4. The van der Waals surface area contributed by atoms with Gasteiger partial charge in [0.25, 0.3) is 0 Å². The molecule has 3 aliphatic heterocycles. The van der Waals surface area contributed by atoms with Crippen LogP contribution in [0.25, 0.3) is 32.9 Å². The van der Waals surface area contributed by atoms with Crippen LogP contribution in [0, 0.1) is 41.8 Å². The Bertz CT molecular complexity index is 2130. The average Bonchev–Trinajstić information content (AvgIpc) is 3.44. The highest BCUT2D eigenvalue weighted by molar-refractivity contribution is 6.43. The molecule has 3 saturated carbocycles. The number of halogens is 3. The fourth-order valence-corrected chi connectivity index (χ4v) is 10.1. The number of ether oxygens (including phenoxy) is 1. The van der Waals surface area contributed by atoms with Gasteiger partial charge in [0.15, 0.2) is 5.82 Å². The van der Waals surface area contributed by atoms with Gasteiger partial charge in [-0.25, -0.2) is 9.37 Å². The van der Waals surface area contributed by atoms with Crippen molar-refractivity contribution in [1.82, 2.24) is 19.8 Å². The SMILES string of the molecule is [B]C([B])(O)OC1CC2CC1C(c1cc3c(C)nc4c(F)c(-c5cccc(Cl)c5Cl)c(CCC#N)cc4c3n1C1C3CNC1C3)N2C(=O)C1CC1. The third kappa shape index (κ3) is 4.97. The van der Waals surface area contributed by atoms with Crippen LogP contribution >= 0.6 is 23.2 Å². The van der Waals surface area contributed by atoms with Gasteiger partial charge in [0.05, 0.1) is 45.4 Å². The molecule has 0 spiro atoms. The first kappa shape index (κ1) is 32.8. The summed E-state index contributed by atoms with van der Waals surface area (Å²) in [6, 6.07) is 11.3. The van der Waals surface area contributed by atoms with Crippen molar-refractivity contribution in [3.05, 3.63) is 63.1 Å². The zero-order valence-electron chi connectivity index (χ0n) is 27.5. The molecule has 6 aliphatic rings. The second-order valence-electron chi connectivity index (χ2n) is 14.9. The van der Waals surface area contributed by atoms with E-state index in [0.29, 0.717) is 58.0 Å². The van der Waals surface area contributed by atoms with Crippen molar-refractivity contribution in [2.24, 2.45) is 17.8 Å². The van der Waals surface area contributed by atoms with E-state index in [2.05, 4.69) is 26.9 Å². The van der Waals surface area contributed by atoms with E-state index in [1.165, 1.54) is 0 Å². The topological polar surface area (TPSA) is 103 Å². The molecule has 4 radical (unpaired) electrons. The Morgan fingerprint density at radius 3 is 2.70 bits per heavy atom. The van der Waals surface area contributed by atoms with Gasteiger partial charge in [-0.2, -0.15) is 5.26 Å². The number of nitriles is 1. The lowest BCUT2D eigenvalue weighted by atomic mass is 9.76. The van der Waals surface area contributed by atoms with Gasteiger partial charge >= 0.3 is 0 Å². The number of rotatable bonds is 8. The van der Waals surface area contributed by atoms with E-state index < -0.39 is 17.5 Å². The summed E-state index contributed by atoms with van der Waals surface area (Å²) in [5.41, 5.74) is 1.77. The first-order valence-electron chi connectivity index (χ1n) is 17.5. The van der Waals surface area contributed by atoms with Crippen molar-refractivity contribution in [1.29, 1.82) is 5.26 Å². The summed E-state index contributed by atoms with van der Waals surface area (Å²) in [5, 5.41) is 25.6. The number of benzene rings is 2. The standard InChI is InChI=1S/C37H34B2Cl2FN5O3/c1-16-22-14-27(35-23-12-20(13-28(23)50-37(38,39)49)46(35)36(48)17-7-8-17)47(33-19-11-26(33)44-15-19)34(22)24-10-18(4-3-9-43)29(31(42)32(24)45-16)21-5-2-6-25(40)30(21)41/h2,5-6,10,14,17,19-20,23,26,28,33,35,44,49H,3-4,7-8,11-13,15H2,1H3. The lowest BCUT2D eigenvalue weighted by molar-refractivity contribution is -0.154. The van der Waals surface area contributed by atoms with E-state index >= 15 is 4.39 Å². The van der Waals surface area contributed by atoms with Gasteiger partial charge < -0.3 is 24.6 Å². The number of carbonyl (C=O) groups excluding carboxylic acids is 1. The largest absolute Gasteiger partial charge is 0.384 e. The minimum atomic E-state index is -2.30. The molecule has 13 heteroatoms. The average molecular weight is 708 g/mol. The van der Waals surface area contributed by atoms with Crippen LogP contribution in [0.5, 0.6) is 0 Å². The zero-order chi connectivity index (χ0) is 34.8. The second-order valence-corrected chi connectivity index (χ2v) is 15.7. The minimum Gasteiger partial charge on any atom is -0.384 e. The van der Waals surface area contributed by atoms with Crippen LogP contribution in [0.4, 0.5) is 4.39 Å². The van der Waals surface area contributed by atoms with Crippen LogP contribution in [-0.2, 0) is 16.0 Å². The van der Waals surface area contributed by atoms with Crippen molar-refractivity contribution < 1.29 is 19.0 Å². The van der Waals surface area contributed by atoms with E-state index in [1.807, 2.05) is 13.0 Å². The molecule has 4 aromatic rings. The van der Waals surface area contributed by atoms with Crippen molar-refractivity contribution in [3.63, 3.8) is 0 Å². The quantitative estimate of drug-likeness (QED) is 0.172. The van der Waals surface area contributed by atoms with E-state index in [-0.39, 0.29) is 58.9 Å². The fourth-order valence-electron chi connectivity index (χ4n) is 9.67. The maximum atomic E-state index is 17.2. The Balaban J connectivity index is 1.31. The molecule has 8 nitrogen and oxygen atoms in total. The lowest BCUT2D eigenvalue weighted by Gasteiger charge is -2.44. The summed E-state index contributed by atoms with van der Waals surface area (Å²) >= 11 is 13.1. The molecule has 4 bridgehead atoms. The molecule has 2 N–H and O–H groups in total. The van der Waals surface area contributed by atoms with Crippen molar-refractivity contribution in [2.75, 3.05) is 6.54 Å². The molecule has 252 valence electrons. The number of amides is 1. The van der Waals surface area contributed by atoms with Gasteiger partial charge in [0.1, 0.15) is 21.2 Å². The maximum Gasteiger partial charge on any atom is 0.226 e. The summed E-state index contributed by atoms with van der Waals surface area (Å²) in [6.07, 6.45) is 4.06. The summed E-state index contributed by atoms with van der Waals surface area (Å²) in [4.78, 5) is 21.0. The molecule has 7 atom stereocenters. The molecule has 2 aromatic heterocycles. The number of aromatic nitrogens is 2. The molecular weight excluding hydrogens is 674 g/mol. The van der Waals surface area contributed by atoms with Crippen LogP contribution in [0.3, 0.4) is 0 Å². The Morgan fingerprint density at radius 2 is 2.02 bits per heavy atom. The number of hydrogen-bond donors (Lipinski definition) is 2. The number of carbonyl (C=O) groups is 1. The summed E-state index contributed by atoms with van der Waals surface area (Å²) in [7, 11) is 11.5. The van der Waals surface area contributed by atoms with Crippen LogP contribution < -0.4 is 5.32 Å². The Labute approximate surface area is 302 Å². The van der Waals surface area contributed by atoms with Crippen LogP contribution in [0.2, 0.25) is 10.0 Å². The van der Waals surface area contributed by atoms with Gasteiger partial charge in [-0.15, -0.1) is 0 Å². The Kier molecular flexibility index (Phi) is 7.66. The maximum absolute atomic E-state index is 17.2. The number of fused-ring (bicyclic) bond motifs is 6. The summed E-state index contributed by atoms with van der Waals surface area (Å²) in [5.74, 6) is -0.154. The molecule has 2 aromatic carbocycles. The third-order valence-corrected chi connectivity index (χ3v) is 12.7. The number of piperidine rings is 1. The highest BCUT2D eigenvalue weighted by Gasteiger charge is 2.58. The van der Waals surface area contributed by atoms with Gasteiger partial charge in [-0.1, -0.05) is 35.3 Å². The highest BCUT2D eigenvalue weighted by atomic mass is 35.5. The highest BCUT2D eigenvalue weighted by Crippen LogP contribution is 2.57. The van der Waals surface area contributed by atoms with Gasteiger partial charge in [0, 0.05) is 70.2 Å². The summed E-state index contributed by atoms with van der Waals surface area (Å²) in [6.45, 7) is 2.76. The first-order valence-corrected chi connectivity index (χ1v) is 18.2. The van der Waals surface area contributed by atoms with Gasteiger partial charge in [0.2, 0.25) is 5.91 Å². The monoisotopic (exact) mass is 707 g/mol. The number of aryl methyl sites for hydroxylation is 2. The van der Waals surface area contributed by atoms with Crippen molar-refractivity contribution >= 4 is 66.6 Å². The van der Waals surface area contributed by atoms with Crippen LogP contribution in [0.1, 0.15) is 67.6 Å². The van der Waals surface area contributed by atoms with Crippen molar-refractivity contribution in [3.8, 4) is 17.2 Å². The molecule has 3 saturated heterocycles. The van der Waals surface area contributed by atoms with E-state index in [0.717, 1.165) is 42.4 Å². The molecule has 6 fully saturated rings. The van der Waals surface area contributed by atoms with Gasteiger partial charge in [-0.3, -0.25) is 4.79 Å². The number of nitrogens with one attached hydrogen (secondary N) is 1. The van der Waals surface area contributed by atoms with Crippen LogP contribution in [-0.4, -0.2) is 71.5 Å². The molecule has 50 heavy (non-hydrogen) atoms. The smallest absolute Gasteiger partial charge is 0.226 e. The van der Waals surface area contributed by atoms with E-state index in [9.17, 15) is 15.2 Å². The third-order valence-electron chi connectivity index (χ3n) is 11.9. The molecule has 3 aliphatic carbocycles. The minimum absolute atomic E-state index is 0.00861. The first-order chi connectivity index (χ1) is 23.9. The molecule has 10 rings (SSSR count). The fraction of sp³-hybridized carbons (Fsp3) is 0.486. The molecule has 7 unspecified atom stereocenters. The number of likely N-dealkylation sites (tertiary alicyclic amines) is 1. The molecule has 1 amide bonds. The van der Waals surface area contributed by atoms with Crippen molar-refractivity contribution in [2.45, 2.75) is 87.7 Å². The Morgan fingerprint density at radius 1 is 1.22 bits per heavy atom. The number of pyridine rings is 1.